The molecule has 38 heavy (non-hydrogen) atoms. The van der Waals surface area contributed by atoms with Crippen LogP contribution in [0.15, 0.2) is 133 Å². The Kier molecular flexibility index (Phi) is 5.33. The quantitative estimate of drug-likeness (QED) is 0.248. The average Bonchev–Trinajstić information content (AvgIpc) is 3.31. The molecule has 7 rings (SSSR count). The van der Waals surface area contributed by atoms with Crippen LogP contribution >= 0.6 is 0 Å². The molecule has 3 nitrogen and oxygen atoms in total. The molecule has 0 radical (unpaired) electrons. The van der Waals surface area contributed by atoms with Gasteiger partial charge in [0.05, 0.1) is 22.4 Å². The molecule has 2 aromatic heterocycles. The summed E-state index contributed by atoms with van der Waals surface area (Å²) in [5.74, 6) is 0.723. The number of aryl methyl sites for hydroxylation is 1. The molecule has 0 aliphatic heterocycles. The van der Waals surface area contributed by atoms with E-state index < -0.39 is 0 Å². The highest BCUT2D eigenvalue weighted by Gasteiger charge is 2.16. The van der Waals surface area contributed by atoms with Crippen molar-refractivity contribution in [2.75, 3.05) is 0 Å². The van der Waals surface area contributed by atoms with E-state index in [0.717, 1.165) is 39.6 Å². The highest BCUT2D eigenvalue weighted by Crippen LogP contribution is 2.35. The summed E-state index contributed by atoms with van der Waals surface area (Å²) in [6, 6.07) is 46.5. The lowest BCUT2D eigenvalue weighted by Gasteiger charge is -2.10. The third-order valence-corrected chi connectivity index (χ3v) is 7.06. The van der Waals surface area contributed by atoms with Crippen molar-refractivity contribution in [2.24, 2.45) is 0 Å². The zero-order valence-electron chi connectivity index (χ0n) is 21.0. The van der Waals surface area contributed by atoms with E-state index in [2.05, 4.69) is 109 Å². The van der Waals surface area contributed by atoms with Gasteiger partial charge in [-0.15, -0.1) is 0 Å². The molecule has 2 heterocycles. The van der Waals surface area contributed by atoms with E-state index in [9.17, 15) is 0 Å². The highest BCUT2D eigenvalue weighted by molar-refractivity contribution is 6.10. The fourth-order valence-corrected chi connectivity index (χ4v) is 5.22. The van der Waals surface area contributed by atoms with Gasteiger partial charge in [0.2, 0.25) is 0 Å². The zero-order chi connectivity index (χ0) is 25.5. The second-order valence-corrected chi connectivity index (χ2v) is 9.62. The van der Waals surface area contributed by atoms with Gasteiger partial charge in [0.15, 0.2) is 5.82 Å². The Morgan fingerprint density at radius 2 is 1.00 bits per heavy atom. The minimum absolute atomic E-state index is 0.723. The normalized spacial score (nSPS) is 11.3. The molecule has 5 aromatic carbocycles. The summed E-state index contributed by atoms with van der Waals surface area (Å²) < 4.78 is 2.34. The number of aromatic nitrogens is 3. The van der Waals surface area contributed by atoms with Gasteiger partial charge in [-0.2, -0.15) is 0 Å². The molecule has 0 saturated carbocycles. The van der Waals surface area contributed by atoms with Gasteiger partial charge in [0.25, 0.3) is 0 Å². The fourth-order valence-electron chi connectivity index (χ4n) is 5.22. The number of benzene rings is 5. The van der Waals surface area contributed by atoms with E-state index in [-0.39, 0.29) is 0 Å². The van der Waals surface area contributed by atoms with Crippen LogP contribution in [-0.2, 0) is 0 Å². The summed E-state index contributed by atoms with van der Waals surface area (Å²) in [4.78, 5) is 10.1. The second-order valence-electron chi connectivity index (χ2n) is 9.62. The summed E-state index contributed by atoms with van der Waals surface area (Å²) in [5, 5.41) is 2.42. The largest absolute Gasteiger partial charge is 0.309 e. The maximum Gasteiger partial charge on any atom is 0.160 e. The minimum atomic E-state index is 0.723. The van der Waals surface area contributed by atoms with Crippen molar-refractivity contribution in [3.8, 4) is 39.6 Å². The maximum atomic E-state index is 5.05. The lowest BCUT2D eigenvalue weighted by molar-refractivity contribution is 1.17. The monoisotopic (exact) mass is 487 g/mol. The third-order valence-electron chi connectivity index (χ3n) is 7.06. The first-order valence-corrected chi connectivity index (χ1v) is 12.9. The van der Waals surface area contributed by atoms with E-state index in [1.165, 1.54) is 27.4 Å². The van der Waals surface area contributed by atoms with E-state index in [4.69, 9.17) is 9.97 Å². The lowest BCUT2D eigenvalue weighted by atomic mass is 10.0. The van der Waals surface area contributed by atoms with Crippen molar-refractivity contribution in [1.29, 1.82) is 0 Å². The van der Waals surface area contributed by atoms with Gasteiger partial charge in [0, 0.05) is 33.2 Å². The summed E-state index contributed by atoms with van der Waals surface area (Å²) >= 11 is 0. The van der Waals surface area contributed by atoms with Gasteiger partial charge in [-0.3, -0.25) is 0 Å². The lowest BCUT2D eigenvalue weighted by Crippen LogP contribution is -1.96. The van der Waals surface area contributed by atoms with Crippen molar-refractivity contribution in [2.45, 2.75) is 6.92 Å². The van der Waals surface area contributed by atoms with E-state index in [0.29, 0.717) is 0 Å². The Labute approximate surface area is 221 Å². The first-order chi connectivity index (χ1) is 18.7. The van der Waals surface area contributed by atoms with Crippen LogP contribution in [0.4, 0.5) is 0 Å². The van der Waals surface area contributed by atoms with Crippen LogP contribution in [0.5, 0.6) is 0 Å². The standard InChI is InChI=1S/C35H25N3/c1-24-17-19-33-29(21-24)30-22-27(18-20-34(30)38(33)28-15-9-4-10-16-28)35-36-31(25-11-5-2-6-12-25)23-32(37-35)26-13-7-3-8-14-26/h2-23H,1H3. The molecule has 7 aromatic rings. The number of nitrogens with zero attached hydrogens (tertiary/aromatic N) is 3. The van der Waals surface area contributed by atoms with Crippen molar-refractivity contribution < 1.29 is 0 Å². The highest BCUT2D eigenvalue weighted by atomic mass is 15.0. The zero-order valence-corrected chi connectivity index (χ0v) is 21.0. The Morgan fingerprint density at radius 1 is 0.474 bits per heavy atom. The Bertz CT molecular complexity index is 1850. The molecule has 180 valence electrons. The molecule has 0 saturated heterocycles. The molecule has 0 fully saturated rings. The van der Waals surface area contributed by atoms with Crippen molar-refractivity contribution in [1.82, 2.24) is 14.5 Å². The molecule has 0 aliphatic rings. The Hall–Kier alpha value is -5.02. The molecule has 0 bridgehead atoms. The van der Waals surface area contributed by atoms with Crippen LogP contribution in [0.1, 0.15) is 5.56 Å². The van der Waals surface area contributed by atoms with Crippen molar-refractivity contribution in [3.05, 3.63) is 139 Å². The SMILES string of the molecule is Cc1ccc2c(c1)c1cc(-c3nc(-c4ccccc4)cc(-c4ccccc4)n3)ccc1n2-c1ccccc1. The van der Waals surface area contributed by atoms with Crippen LogP contribution in [-0.4, -0.2) is 14.5 Å². The average molecular weight is 488 g/mol. The molecule has 0 unspecified atom stereocenters. The number of rotatable bonds is 4. The summed E-state index contributed by atoms with van der Waals surface area (Å²) in [6.45, 7) is 2.15. The number of hydrogen-bond donors (Lipinski definition) is 0. The Balaban J connectivity index is 1.48. The maximum absolute atomic E-state index is 5.05. The van der Waals surface area contributed by atoms with Gasteiger partial charge in [0.1, 0.15) is 0 Å². The van der Waals surface area contributed by atoms with Crippen LogP contribution in [0.3, 0.4) is 0 Å². The van der Waals surface area contributed by atoms with Gasteiger partial charge >= 0.3 is 0 Å². The first-order valence-electron chi connectivity index (χ1n) is 12.9. The molecule has 0 aliphatic carbocycles. The third kappa shape index (κ3) is 3.86. The van der Waals surface area contributed by atoms with E-state index >= 15 is 0 Å². The van der Waals surface area contributed by atoms with Crippen LogP contribution in [0.25, 0.3) is 61.4 Å². The second kappa shape index (κ2) is 9.13. The number of hydrogen-bond acceptors (Lipinski definition) is 2. The predicted molar refractivity (Wildman–Crippen MR) is 157 cm³/mol. The molecule has 3 heteroatoms. The summed E-state index contributed by atoms with van der Waals surface area (Å²) in [5.41, 5.74) is 9.73. The van der Waals surface area contributed by atoms with Gasteiger partial charge in [-0.05, 0) is 55.5 Å². The summed E-state index contributed by atoms with van der Waals surface area (Å²) in [7, 11) is 0. The fraction of sp³-hybridized carbons (Fsp3) is 0.0286. The molecular formula is C35H25N3. The van der Waals surface area contributed by atoms with Gasteiger partial charge in [-0.25, -0.2) is 9.97 Å². The van der Waals surface area contributed by atoms with E-state index in [1.54, 1.807) is 0 Å². The first kappa shape index (κ1) is 22.2. The van der Waals surface area contributed by atoms with Gasteiger partial charge < -0.3 is 4.57 Å². The molecular weight excluding hydrogens is 462 g/mol. The number of para-hydroxylation sites is 1. The van der Waals surface area contributed by atoms with Crippen molar-refractivity contribution >= 4 is 21.8 Å². The van der Waals surface area contributed by atoms with Crippen molar-refractivity contribution in [3.63, 3.8) is 0 Å². The Morgan fingerprint density at radius 3 is 1.61 bits per heavy atom. The minimum Gasteiger partial charge on any atom is -0.309 e. The van der Waals surface area contributed by atoms with Crippen LogP contribution in [0.2, 0.25) is 0 Å². The van der Waals surface area contributed by atoms with E-state index in [1.807, 2.05) is 36.4 Å². The molecule has 0 N–H and O–H groups in total. The van der Waals surface area contributed by atoms with Crippen LogP contribution < -0.4 is 0 Å². The smallest absolute Gasteiger partial charge is 0.160 e. The molecule has 0 atom stereocenters. The molecule has 0 spiro atoms. The predicted octanol–water partition coefficient (Wildman–Crippen LogP) is 8.88. The molecule has 0 amide bonds. The van der Waals surface area contributed by atoms with Gasteiger partial charge in [-0.1, -0.05) is 90.5 Å². The topological polar surface area (TPSA) is 30.7 Å². The van der Waals surface area contributed by atoms with Crippen LogP contribution in [0, 0.1) is 6.92 Å². The summed E-state index contributed by atoms with van der Waals surface area (Å²) in [6.07, 6.45) is 0. The number of fused-ring (bicyclic) bond motifs is 3.